The lowest BCUT2D eigenvalue weighted by atomic mass is 10.2. The van der Waals surface area contributed by atoms with Crippen molar-refractivity contribution in [3.05, 3.63) is 70.0 Å². The molecule has 0 amide bonds. The van der Waals surface area contributed by atoms with Crippen LogP contribution in [0.15, 0.2) is 58.9 Å². The quantitative estimate of drug-likeness (QED) is 0.508. The molecule has 4 nitrogen and oxygen atoms in total. The van der Waals surface area contributed by atoms with Gasteiger partial charge in [-0.2, -0.15) is 10.2 Å². The molecule has 2 aromatic carbocycles. The fourth-order valence-corrected chi connectivity index (χ4v) is 2.42. The number of hydrogen-bond acceptors (Lipinski definition) is 4. The van der Waals surface area contributed by atoms with E-state index in [2.05, 4.69) is 20.2 Å². The molecule has 6 heteroatoms. The Labute approximate surface area is 143 Å². The Morgan fingerprint density at radius 2 is 1.87 bits per heavy atom. The Kier molecular flexibility index (Phi) is 4.65. The average Bonchev–Trinajstić information content (AvgIpc) is 2.56. The molecule has 0 saturated carbocycles. The highest BCUT2D eigenvalue weighted by atomic mass is 35.5. The lowest BCUT2D eigenvalue weighted by Crippen LogP contribution is -1.99. The Balaban J connectivity index is 1.84. The van der Waals surface area contributed by atoms with E-state index < -0.39 is 0 Å². The summed E-state index contributed by atoms with van der Waals surface area (Å²) < 4.78 is 0. The summed E-state index contributed by atoms with van der Waals surface area (Å²) in [5.74, 6) is 0. The van der Waals surface area contributed by atoms with Crippen LogP contribution in [0.25, 0.3) is 11.0 Å². The molecule has 0 fully saturated rings. The number of aromatic nitrogens is 2. The molecule has 0 radical (unpaired) electrons. The first-order chi connectivity index (χ1) is 11.1. The second-order valence-electron chi connectivity index (χ2n) is 4.84. The molecule has 3 rings (SSSR count). The summed E-state index contributed by atoms with van der Waals surface area (Å²) in [4.78, 5) is 8.88. The zero-order valence-electron chi connectivity index (χ0n) is 12.2. The summed E-state index contributed by atoms with van der Waals surface area (Å²) in [5.41, 5.74) is 3.77. The summed E-state index contributed by atoms with van der Waals surface area (Å²) in [7, 11) is 0. The molecule has 0 atom stereocenters. The van der Waals surface area contributed by atoms with Crippen LogP contribution in [-0.2, 0) is 0 Å². The second-order valence-corrected chi connectivity index (χ2v) is 5.68. The van der Waals surface area contributed by atoms with Crippen LogP contribution in [0.4, 0.5) is 0 Å². The van der Waals surface area contributed by atoms with Crippen molar-refractivity contribution in [2.24, 2.45) is 10.2 Å². The van der Waals surface area contributed by atoms with Gasteiger partial charge in [-0.1, -0.05) is 41.4 Å². The zero-order valence-corrected chi connectivity index (χ0v) is 13.8. The van der Waals surface area contributed by atoms with Crippen LogP contribution in [0.2, 0.25) is 10.0 Å². The summed E-state index contributed by atoms with van der Waals surface area (Å²) in [6.45, 7) is 1.83. The Morgan fingerprint density at radius 3 is 2.65 bits per heavy atom. The fraction of sp³-hybridized carbons (Fsp3) is 0.0588. The monoisotopic (exact) mass is 342 g/mol. The maximum absolute atomic E-state index is 6.08. The van der Waals surface area contributed by atoms with Gasteiger partial charge in [0.05, 0.1) is 34.2 Å². The smallest absolute Gasteiger partial charge is 0.105 e. The van der Waals surface area contributed by atoms with E-state index in [1.807, 2.05) is 31.2 Å². The van der Waals surface area contributed by atoms with Gasteiger partial charge in [-0.05, 0) is 31.2 Å². The average molecular weight is 343 g/mol. The minimum atomic E-state index is 0.527. The maximum atomic E-state index is 6.08. The molecule has 3 aromatic rings. The third-order valence-corrected chi connectivity index (χ3v) is 3.75. The molecule has 23 heavy (non-hydrogen) atoms. The predicted molar refractivity (Wildman–Crippen MR) is 95.8 cm³/mol. The zero-order chi connectivity index (χ0) is 16.2. The van der Waals surface area contributed by atoms with Crippen LogP contribution in [0.1, 0.15) is 18.2 Å². The van der Waals surface area contributed by atoms with Crippen LogP contribution in [0.3, 0.4) is 0 Å². The molecule has 0 bridgehead atoms. The van der Waals surface area contributed by atoms with Crippen molar-refractivity contribution in [3.8, 4) is 0 Å². The maximum Gasteiger partial charge on any atom is 0.105 e. The Morgan fingerprint density at radius 1 is 1.09 bits per heavy atom. The third kappa shape index (κ3) is 3.73. The Bertz CT molecular complexity index is 919. The molecular formula is C17H12Cl2N4. The highest BCUT2D eigenvalue weighted by Crippen LogP contribution is 2.19. The van der Waals surface area contributed by atoms with Crippen molar-refractivity contribution in [1.29, 1.82) is 0 Å². The number of halogens is 2. The van der Waals surface area contributed by atoms with E-state index in [9.17, 15) is 0 Å². The largest absolute Gasteiger partial charge is 0.252 e. The Hall–Kier alpha value is -2.30. The summed E-state index contributed by atoms with van der Waals surface area (Å²) >= 11 is 11.9. The molecule has 0 aliphatic carbocycles. The summed E-state index contributed by atoms with van der Waals surface area (Å²) in [6.07, 6.45) is 3.27. The first kappa shape index (κ1) is 15.6. The van der Waals surface area contributed by atoms with Gasteiger partial charge >= 0.3 is 0 Å². The molecule has 1 heterocycles. The number of para-hydroxylation sites is 2. The van der Waals surface area contributed by atoms with Crippen LogP contribution >= 0.6 is 23.2 Å². The molecule has 0 spiro atoms. The molecule has 0 aliphatic rings. The van der Waals surface area contributed by atoms with E-state index >= 15 is 0 Å². The first-order valence-electron chi connectivity index (χ1n) is 6.88. The molecule has 0 N–H and O–H groups in total. The predicted octanol–water partition coefficient (Wildman–Crippen LogP) is 4.78. The van der Waals surface area contributed by atoms with Gasteiger partial charge in [-0.15, -0.1) is 0 Å². The van der Waals surface area contributed by atoms with E-state index in [1.165, 1.54) is 0 Å². The third-order valence-electron chi connectivity index (χ3n) is 3.19. The van der Waals surface area contributed by atoms with Gasteiger partial charge in [0.1, 0.15) is 5.69 Å². The van der Waals surface area contributed by atoms with Crippen LogP contribution in [0, 0.1) is 0 Å². The molecule has 114 valence electrons. The second kappa shape index (κ2) is 6.86. The van der Waals surface area contributed by atoms with E-state index in [1.54, 1.807) is 30.6 Å². The number of fused-ring (bicyclic) bond motifs is 1. The highest BCUT2D eigenvalue weighted by molar-refractivity contribution is 6.36. The number of rotatable bonds is 3. The molecule has 1 aromatic heterocycles. The summed E-state index contributed by atoms with van der Waals surface area (Å²) in [6, 6.07) is 12.9. The molecular weight excluding hydrogens is 331 g/mol. The fourth-order valence-electron chi connectivity index (χ4n) is 1.97. The summed E-state index contributed by atoms with van der Waals surface area (Å²) in [5, 5.41) is 9.32. The van der Waals surface area contributed by atoms with E-state index in [0.717, 1.165) is 16.6 Å². The number of hydrogen-bond donors (Lipinski definition) is 0. The normalized spacial score (nSPS) is 12.2. The van der Waals surface area contributed by atoms with Crippen LogP contribution in [-0.4, -0.2) is 21.9 Å². The van der Waals surface area contributed by atoms with Crippen molar-refractivity contribution in [1.82, 2.24) is 9.97 Å². The number of nitrogens with zero attached hydrogens (tertiary/aromatic N) is 4. The van der Waals surface area contributed by atoms with E-state index in [-0.39, 0.29) is 0 Å². The SMILES string of the molecule is C/C(=N/N=C\c1ccc(Cl)cc1Cl)c1cnc2ccccc2n1. The van der Waals surface area contributed by atoms with Crippen molar-refractivity contribution >= 4 is 46.2 Å². The van der Waals surface area contributed by atoms with E-state index in [4.69, 9.17) is 23.2 Å². The van der Waals surface area contributed by atoms with Gasteiger partial charge in [0.15, 0.2) is 0 Å². The van der Waals surface area contributed by atoms with Crippen molar-refractivity contribution in [2.75, 3.05) is 0 Å². The molecule has 0 saturated heterocycles. The minimum absolute atomic E-state index is 0.527. The number of benzene rings is 2. The van der Waals surface area contributed by atoms with Crippen molar-refractivity contribution in [3.63, 3.8) is 0 Å². The van der Waals surface area contributed by atoms with Crippen molar-refractivity contribution < 1.29 is 0 Å². The lowest BCUT2D eigenvalue weighted by molar-refractivity contribution is 1.20. The minimum Gasteiger partial charge on any atom is -0.252 e. The van der Waals surface area contributed by atoms with Crippen LogP contribution in [0.5, 0.6) is 0 Å². The standard InChI is InChI=1S/C17H12Cl2N4/c1-11(17-10-20-15-4-2-3-5-16(15)22-17)23-21-9-12-6-7-13(18)8-14(12)19/h2-10H,1H3/b21-9-,23-11-. The van der Waals surface area contributed by atoms with Gasteiger partial charge in [0, 0.05) is 10.6 Å². The van der Waals surface area contributed by atoms with Gasteiger partial charge in [0.25, 0.3) is 0 Å². The topological polar surface area (TPSA) is 50.5 Å². The van der Waals surface area contributed by atoms with Gasteiger partial charge < -0.3 is 0 Å². The highest BCUT2D eigenvalue weighted by Gasteiger charge is 2.02. The molecule has 0 aliphatic heterocycles. The van der Waals surface area contributed by atoms with Crippen LogP contribution < -0.4 is 0 Å². The first-order valence-corrected chi connectivity index (χ1v) is 7.64. The van der Waals surface area contributed by atoms with Gasteiger partial charge in [-0.25, -0.2) is 4.98 Å². The van der Waals surface area contributed by atoms with Gasteiger partial charge in [-0.3, -0.25) is 4.98 Å². The van der Waals surface area contributed by atoms with Crippen molar-refractivity contribution in [2.45, 2.75) is 6.92 Å². The van der Waals surface area contributed by atoms with Gasteiger partial charge in [0.2, 0.25) is 0 Å². The van der Waals surface area contributed by atoms with E-state index in [0.29, 0.717) is 21.5 Å². The molecule has 0 unspecified atom stereocenters. The lowest BCUT2D eigenvalue weighted by Gasteiger charge is -2.00.